The van der Waals surface area contributed by atoms with Gasteiger partial charge in [0, 0.05) is 18.7 Å². The van der Waals surface area contributed by atoms with E-state index < -0.39 is 0 Å². The molecule has 0 spiro atoms. The number of ether oxygens (including phenoxy) is 1. The third kappa shape index (κ3) is 6.42. The maximum absolute atomic E-state index is 5.45. The fourth-order valence-electron chi connectivity index (χ4n) is 2.67. The molecule has 3 unspecified atom stereocenters. The lowest BCUT2D eigenvalue weighted by Crippen LogP contribution is -2.39. The van der Waals surface area contributed by atoms with E-state index in [1.165, 1.54) is 44.9 Å². The van der Waals surface area contributed by atoms with Crippen molar-refractivity contribution < 1.29 is 4.74 Å². The van der Waals surface area contributed by atoms with Crippen molar-refractivity contribution in [1.29, 1.82) is 0 Å². The van der Waals surface area contributed by atoms with E-state index in [1.54, 1.807) is 0 Å². The molecule has 0 saturated carbocycles. The van der Waals surface area contributed by atoms with Gasteiger partial charge in [-0.3, -0.25) is 0 Å². The molecule has 0 radical (unpaired) electrons. The van der Waals surface area contributed by atoms with Crippen molar-refractivity contribution >= 4 is 0 Å². The fraction of sp³-hybridized carbons (Fsp3) is 1.00. The number of hydrogen-bond acceptors (Lipinski definition) is 2. The van der Waals surface area contributed by atoms with E-state index in [0.717, 1.165) is 19.1 Å². The van der Waals surface area contributed by atoms with E-state index in [-0.39, 0.29) is 0 Å². The molecule has 17 heavy (non-hydrogen) atoms. The Morgan fingerprint density at radius 2 is 1.94 bits per heavy atom. The molecular weight excluding hydrogens is 210 g/mol. The largest absolute Gasteiger partial charge is 0.381 e. The Morgan fingerprint density at radius 1 is 1.18 bits per heavy atom. The second-order valence-electron chi connectivity index (χ2n) is 5.68. The smallest absolute Gasteiger partial charge is 0.0509 e. The Bertz CT molecular complexity index is 178. The summed E-state index contributed by atoms with van der Waals surface area (Å²) in [6.07, 6.45) is 9.49. The van der Waals surface area contributed by atoms with Gasteiger partial charge in [-0.2, -0.15) is 0 Å². The van der Waals surface area contributed by atoms with E-state index in [0.29, 0.717) is 12.1 Å². The lowest BCUT2D eigenvalue weighted by Gasteiger charge is -2.24. The molecule has 1 heterocycles. The summed E-state index contributed by atoms with van der Waals surface area (Å²) in [5, 5.41) is 3.73. The van der Waals surface area contributed by atoms with Crippen LogP contribution in [-0.4, -0.2) is 25.3 Å². The predicted molar refractivity (Wildman–Crippen MR) is 74.4 cm³/mol. The van der Waals surface area contributed by atoms with Crippen LogP contribution in [0.2, 0.25) is 0 Å². The first-order chi connectivity index (χ1) is 8.24. The first kappa shape index (κ1) is 15.0. The van der Waals surface area contributed by atoms with E-state index in [2.05, 4.69) is 26.1 Å². The van der Waals surface area contributed by atoms with Crippen LogP contribution in [0.4, 0.5) is 0 Å². The lowest BCUT2D eigenvalue weighted by atomic mass is 9.99. The van der Waals surface area contributed by atoms with Crippen LogP contribution in [0.1, 0.15) is 65.7 Å². The van der Waals surface area contributed by atoms with Crippen LogP contribution in [0.15, 0.2) is 0 Å². The normalized spacial score (nSPS) is 23.8. The molecule has 1 aliphatic rings. The van der Waals surface area contributed by atoms with Crippen molar-refractivity contribution in [1.82, 2.24) is 5.32 Å². The van der Waals surface area contributed by atoms with Crippen LogP contribution < -0.4 is 5.32 Å². The van der Waals surface area contributed by atoms with Gasteiger partial charge in [-0.05, 0) is 32.6 Å². The van der Waals surface area contributed by atoms with Crippen LogP contribution in [0.5, 0.6) is 0 Å². The number of nitrogens with one attached hydrogen (secondary N) is 1. The number of unbranched alkanes of at least 4 members (excludes halogenated alkanes) is 4. The Morgan fingerprint density at radius 3 is 2.59 bits per heavy atom. The van der Waals surface area contributed by atoms with Crippen molar-refractivity contribution in [3.05, 3.63) is 0 Å². The molecule has 0 amide bonds. The summed E-state index contributed by atoms with van der Waals surface area (Å²) in [5.74, 6) is 0.734. The minimum Gasteiger partial charge on any atom is -0.381 e. The Balaban J connectivity index is 2.01. The molecule has 0 aromatic rings. The van der Waals surface area contributed by atoms with Crippen molar-refractivity contribution in [2.45, 2.75) is 77.8 Å². The van der Waals surface area contributed by atoms with Crippen molar-refractivity contribution in [2.75, 3.05) is 13.2 Å². The van der Waals surface area contributed by atoms with Gasteiger partial charge in [-0.1, -0.05) is 39.0 Å². The predicted octanol–water partition coefficient (Wildman–Crippen LogP) is 3.75. The van der Waals surface area contributed by atoms with Crippen molar-refractivity contribution in [2.24, 2.45) is 5.92 Å². The minimum absolute atomic E-state index is 0.614. The topological polar surface area (TPSA) is 21.3 Å². The molecule has 2 heteroatoms. The summed E-state index contributed by atoms with van der Waals surface area (Å²) in [6, 6.07) is 1.27. The lowest BCUT2D eigenvalue weighted by molar-refractivity contribution is 0.176. The Kier molecular flexibility index (Phi) is 7.87. The highest BCUT2D eigenvalue weighted by Gasteiger charge is 2.22. The minimum atomic E-state index is 0.614. The van der Waals surface area contributed by atoms with Gasteiger partial charge >= 0.3 is 0 Å². The highest BCUT2D eigenvalue weighted by molar-refractivity contribution is 4.78. The van der Waals surface area contributed by atoms with Gasteiger partial charge in [0.2, 0.25) is 0 Å². The summed E-state index contributed by atoms with van der Waals surface area (Å²) in [7, 11) is 0. The zero-order valence-corrected chi connectivity index (χ0v) is 12.0. The molecule has 1 aliphatic heterocycles. The summed E-state index contributed by atoms with van der Waals surface area (Å²) in [6.45, 7) is 8.83. The number of rotatable bonds is 9. The summed E-state index contributed by atoms with van der Waals surface area (Å²) in [4.78, 5) is 0. The third-order valence-corrected chi connectivity index (χ3v) is 3.96. The molecule has 0 aliphatic carbocycles. The highest BCUT2D eigenvalue weighted by Crippen LogP contribution is 2.17. The third-order valence-electron chi connectivity index (χ3n) is 3.96. The first-order valence-electron chi connectivity index (χ1n) is 7.57. The molecule has 0 aromatic heterocycles. The highest BCUT2D eigenvalue weighted by atomic mass is 16.5. The van der Waals surface area contributed by atoms with E-state index >= 15 is 0 Å². The molecule has 1 rings (SSSR count). The molecule has 1 N–H and O–H groups in total. The molecule has 102 valence electrons. The van der Waals surface area contributed by atoms with Gasteiger partial charge in [-0.15, -0.1) is 0 Å². The zero-order chi connectivity index (χ0) is 12.5. The van der Waals surface area contributed by atoms with Crippen molar-refractivity contribution in [3.8, 4) is 0 Å². The quantitative estimate of drug-likeness (QED) is 0.621. The molecule has 2 nitrogen and oxygen atoms in total. The van der Waals surface area contributed by atoms with E-state index in [9.17, 15) is 0 Å². The van der Waals surface area contributed by atoms with Crippen LogP contribution in [0, 0.1) is 5.92 Å². The Labute approximate surface area is 108 Å². The van der Waals surface area contributed by atoms with Gasteiger partial charge in [0.05, 0.1) is 6.61 Å². The fourth-order valence-corrected chi connectivity index (χ4v) is 2.67. The molecule has 0 bridgehead atoms. The van der Waals surface area contributed by atoms with Gasteiger partial charge in [-0.25, -0.2) is 0 Å². The molecule has 1 saturated heterocycles. The first-order valence-corrected chi connectivity index (χ1v) is 7.57. The average Bonchev–Trinajstić information content (AvgIpc) is 2.82. The van der Waals surface area contributed by atoms with Crippen LogP contribution in [-0.2, 0) is 4.74 Å². The maximum Gasteiger partial charge on any atom is 0.0509 e. The molecular formula is C15H31NO. The standard InChI is InChI=1S/C15H31NO/c1-4-5-6-7-8-9-13(2)16-14(3)15-10-11-17-12-15/h13-16H,4-12H2,1-3H3. The van der Waals surface area contributed by atoms with Crippen molar-refractivity contribution in [3.63, 3.8) is 0 Å². The van der Waals surface area contributed by atoms with Gasteiger partial charge in [0.15, 0.2) is 0 Å². The Hall–Kier alpha value is -0.0800. The average molecular weight is 241 g/mol. The van der Waals surface area contributed by atoms with Gasteiger partial charge in [0.25, 0.3) is 0 Å². The van der Waals surface area contributed by atoms with Gasteiger partial charge in [0.1, 0.15) is 0 Å². The van der Waals surface area contributed by atoms with Crippen LogP contribution >= 0.6 is 0 Å². The van der Waals surface area contributed by atoms with Crippen LogP contribution in [0.25, 0.3) is 0 Å². The molecule has 0 aromatic carbocycles. The summed E-state index contributed by atoms with van der Waals surface area (Å²) >= 11 is 0. The summed E-state index contributed by atoms with van der Waals surface area (Å²) in [5.41, 5.74) is 0. The van der Waals surface area contributed by atoms with E-state index in [4.69, 9.17) is 4.74 Å². The maximum atomic E-state index is 5.45. The monoisotopic (exact) mass is 241 g/mol. The zero-order valence-electron chi connectivity index (χ0n) is 12.0. The molecule has 1 fully saturated rings. The second-order valence-corrected chi connectivity index (χ2v) is 5.68. The van der Waals surface area contributed by atoms with E-state index in [1.807, 2.05) is 0 Å². The summed E-state index contributed by atoms with van der Waals surface area (Å²) < 4.78 is 5.45. The van der Waals surface area contributed by atoms with Gasteiger partial charge < -0.3 is 10.1 Å². The SMILES string of the molecule is CCCCCCCC(C)NC(C)C1CCOC1. The number of hydrogen-bond donors (Lipinski definition) is 1. The second kappa shape index (κ2) is 8.93. The molecule has 3 atom stereocenters. The van der Waals surface area contributed by atoms with Crippen LogP contribution in [0.3, 0.4) is 0 Å².